The molecule has 2 rings (SSSR count). The zero-order valence-corrected chi connectivity index (χ0v) is 10.8. The summed E-state index contributed by atoms with van der Waals surface area (Å²) in [7, 11) is 0. The smallest absolute Gasteiger partial charge is 0.288 e. The average Bonchev–Trinajstić information content (AvgIpc) is 2.86. The normalized spacial score (nSPS) is 11.6. The summed E-state index contributed by atoms with van der Waals surface area (Å²) in [6.07, 6.45) is -0.675. The predicted octanol–water partition coefficient (Wildman–Crippen LogP) is 3.54. The summed E-state index contributed by atoms with van der Waals surface area (Å²) in [5, 5.41) is 4.00. The fourth-order valence-corrected chi connectivity index (χ4v) is 1.84. The summed E-state index contributed by atoms with van der Waals surface area (Å²) >= 11 is 0. The van der Waals surface area contributed by atoms with Crippen molar-refractivity contribution < 1.29 is 18.0 Å². The molecule has 0 N–H and O–H groups in total. The number of hydrogen-bond acceptors (Lipinski definition) is 2. The molecular formula is C14H13F3N2O. The van der Waals surface area contributed by atoms with Gasteiger partial charge in [-0.05, 0) is 18.6 Å². The van der Waals surface area contributed by atoms with Crippen LogP contribution < -0.4 is 0 Å². The van der Waals surface area contributed by atoms with E-state index >= 15 is 0 Å². The Labute approximate surface area is 114 Å². The zero-order valence-electron chi connectivity index (χ0n) is 10.8. The lowest BCUT2D eigenvalue weighted by molar-refractivity contribution is -0.137. The Morgan fingerprint density at radius 3 is 2.70 bits per heavy atom. The average molecular weight is 282 g/mol. The van der Waals surface area contributed by atoms with Crippen LogP contribution in [0.15, 0.2) is 36.7 Å². The van der Waals surface area contributed by atoms with Gasteiger partial charge in [0.15, 0.2) is 5.78 Å². The number of carbonyl (C=O) groups is 1. The second kappa shape index (κ2) is 5.48. The molecular weight excluding hydrogens is 269 g/mol. The Hall–Kier alpha value is -2.11. The topological polar surface area (TPSA) is 34.9 Å². The van der Waals surface area contributed by atoms with E-state index in [-0.39, 0.29) is 11.1 Å². The molecule has 1 heterocycles. The molecule has 106 valence electrons. The molecule has 1 aromatic heterocycles. The van der Waals surface area contributed by atoms with Crippen LogP contribution in [-0.2, 0) is 12.7 Å². The third kappa shape index (κ3) is 3.07. The maximum atomic E-state index is 12.6. The Kier molecular flexibility index (Phi) is 3.92. The van der Waals surface area contributed by atoms with Crippen LogP contribution in [0.2, 0.25) is 0 Å². The molecule has 0 aliphatic carbocycles. The molecule has 0 aliphatic rings. The van der Waals surface area contributed by atoms with Gasteiger partial charge in [0.25, 0.3) is 0 Å². The van der Waals surface area contributed by atoms with E-state index in [9.17, 15) is 18.0 Å². The number of nitrogens with zero attached hydrogens (tertiary/aromatic N) is 2. The highest BCUT2D eigenvalue weighted by molar-refractivity contribution is 6.08. The van der Waals surface area contributed by atoms with Crippen LogP contribution in [0, 0.1) is 0 Å². The van der Waals surface area contributed by atoms with Crippen LogP contribution in [0.3, 0.4) is 0 Å². The van der Waals surface area contributed by atoms with E-state index in [0.29, 0.717) is 6.54 Å². The van der Waals surface area contributed by atoms with Crippen LogP contribution in [0.1, 0.15) is 34.8 Å². The van der Waals surface area contributed by atoms with Gasteiger partial charge in [-0.15, -0.1) is 0 Å². The first-order valence-electron chi connectivity index (χ1n) is 6.16. The molecule has 0 aliphatic heterocycles. The number of carbonyl (C=O) groups excluding carboxylic acids is 1. The van der Waals surface area contributed by atoms with Crippen molar-refractivity contribution >= 4 is 5.78 Å². The highest BCUT2D eigenvalue weighted by atomic mass is 19.4. The SMILES string of the molecule is CCCn1cc(C(=O)c2cccc(C(F)(F)F)c2)cn1. The van der Waals surface area contributed by atoms with Gasteiger partial charge < -0.3 is 0 Å². The van der Waals surface area contributed by atoms with Crippen LogP contribution in [-0.4, -0.2) is 15.6 Å². The van der Waals surface area contributed by atoms with Crippen molar-refractivity contribution in [1.29, 1.82) is 0 Å². The highest BCUT2D eigenvalue weighted by Crippen LogP contribution is 2.29. The van der Waals surface area contributed by atoms with E-state index < -0.39 is 17.5 Å². The molecule has 1 aromatic carbocycles. The first kappa shape index (κ1) is 14.3. The summed E-state index contributed by atoms with van der Waals surface area (Å²) in [5.74, 6) is -0.460. The van der Waals surface area contributed by atoms with Gasteiger partial charge in [-0.25, -0.2) is 0 Å². The van der Waals surface area contributed by atoms with Crippen LogP contribution >= 0.6 is 0 Å². The van der Waals surface area contributed by atoms with Crippen LogP contribution in [0.4, 0.5) is 13.2 Å². The number of halogens is 3. The molecule has 0 saturated carbocycles. The second-order valence-electron chi connectivity index (χ2n) is 4.40. The van der Waals surface area contributed by atoms with Crippen molar-refractivity contribution in [2.75, 3.05) is 0 Å². The number of aromatic nitrogens is 2. The van der Waals surface area contributed by atoms with E-state index in [1.54, 1.807) is 10.9 Å². The Bertz CT molecular complexity index is 617. The summed E-state index contributed by atoms with van der Waals surface area (Å²) < 4.78 is 39.4. The molecule has 0 fully saturated rings. The summed E-state index contributed by atoms with van der Waals surface area (Å²) in [5.41, 5.74) is -0.530. The lowest BCUT2D eigenvalue weighted by Gasteiger charge is -2.07. The van der Waals surface area contributed by atoms with Crippen molar-refractivity contribution in [3.05, 3.63) is 53.3 Å². The van der Waals surface area contributed by atoms with Crippen molar-refractivity contribution in [2.24, 2.45) is 0 Å². The van der Waals surface area contributed by atoms with E-state index in [1.807, 2.05) is 6.92 Å². The van der Waals surface area contributed by atoms with E-state index in [0.717, 1.165) is 18.6 Å². The molecule has 0 spiro atoms. The van der Waals surface area contributed by atoms with Gasteiger partial charge in [-0.3, -0.25) is 9.48 Å². The Morgan fingerprint density at radius 2 is 2.05 bits per heavy atom. The predicted molar refractivity (Wildman–Crippen MR) is 67.4 cm³/mol. The largest absolute Gasteiger partial charge is 0.416 e. The highest BCUT2D eigenvalue weighted by Gasteiger charge is 2.31. The van der Waals surface area contributed by atoms with Gasteiger partial charge in [0.2, 0.25) is 0 Å². The molecule has 0 bridgehead atoms. The number of ketones is 1. The zero-order chi connectivity index (χ0) is 14.8. The summed E-state index contributed by atoms with van der Waals surface area (Å²) in [4.78, 5) is 12.1. The quantitative estimate of drug-likeness (QED) is 0.804. The number of rotatable bonds is 4. The third-order valence-corrected chi connectivity index (χ3v) is 2.80. The fourth-order valence-electron chi connectivity index (χ4n) is 1.84. The first-order chi connectivity index (χ1) is 9.41. The van der Waals surface area contributed by atoms with Crippen LogP contribution in [0.25, 0.3) is 0 Å². The molecule has 3 nitrogen and oxygen atoms in total. The van der Waals surface area contributed by atoms with Crippen LogP contribution in [0.5, 0.6) is 0 Å². The maximum absolute atomic E-state index is 12.6. The number of aryl methyl sites for hydroxylation is 1. The monoisotopic (exact) mass is 282 g/mol. The summed E-state index contributed by atoms with van der Waals surface area (Å²) in [6, 6.07) is 4.40. The fraction of sp³-hybridized carbons (Fsp3) is 0.286. The minimum Gasteiger partial charge on any atom is -0.288 e. The van der Waals surface area contributed by atoms with Crippen molar-refractivity contribution in [2.45, 2.75) is 26.1 Å². The van der Waals surface area contributed by atoms with Crippen molar-refractivity contribution in [3.63, 3.8) is 0 Å². The number of alkyl halides is 3. The third-order valence-electron chi connectivity index (χ3n) is 2.80. The molecule has 0 atom stereocenters. The second-order valence-corrected chi connectivity index (χ2v) is 4.40. The number of benzene rings is 1. The number of hydrogen-bond donors (Lipinski definition) is 0. The van der Waals surface area contributed by atoms with Crippen molar-refractivity contribution in [1.82, 2.24) is 9.78 Å². The van der Waals surface area contributed by atoms with Gasteiger partial charge in [0.05, 0.1) is 17.3 Å². The van der Waals surface area contributed by atoms with Gasteiger partial charge in [0, 0.05) is 18.3 Å². The minimum atomic E-state index is -4.46. The lowest BCUT2D eigenvalue weighted by atomic mass is 10.0. The van der Waals surface area contributed by atoms with E-state index in [4.69, 9.17) is 0 Å². The molecule has 0 amide bonds. The Morgan fingerprint density at radius 1 is 1.30 bits per heavy atom. The van der Waals surface area contributed by atoms with Gasteiger partial charge >= 0.3 is 6.18 Å². The van der Waals surface area contributed by atoms with Gasteiger partial charge in [-0.1, -0.05) is 19.1 Å². The van der Waals surface area contributed by atoms with Gasteiger partial charge in [0.1, 0.15) is 0 Å². The van der Waals surface area contributed by atoms with Gasteiger partial charge in [-0.2, -0.15) is 18.3 Å². The van der Waals surface area contributed by atoms with E-state index in [1.165, 1.54) is 18.3 Å². The summed E-state index contributed by atoms with van der Waals surface area (Å²) in [6.45, 7) is 2.63. The maximum Gasteiger partial charge on any atom is 0.416 e. The first-order valence-corrected chi connectivity index (χ1v) is 6.16. The van der Waals surface area contributed by atoms with E-state index in [2.05, 4.69) is 5.10 Å². The standard InChI is InChI=1S/C14H13F3N2O/c1-2-6-19-9-11(8-18-19)13(20)10-4-3-5-12(7-10)14(15,16)17/h3-5,7-9H,2,6H2,1H3. The minimum absolute atomic E-state index is 0.0101. The molecule has 0 unspecified atom stereocenters. The van der Waals surface area contributed by atoms with Crippen molar-refractivity contribution in [3.8, 4) is 0 Å². The molecule has 20 heavy (non-hydrogen) atoms. The molecule has 2 aromatic rings. The molecule has 0 saturated heterocycles. The molecule has 6 heteroatoms. The molecule has 0 radical (unpaired) electrons. The lowest BCUT2D eigenvalue weighted by Crippen LogP contribution is -2.07. The Balaban J connectivity index is 2.28.